The number of hydrogen-bond acceptors (Lipinski definition) is 6. The molecule has 0 unspecified atom stereocenters. The first kappa shape index (κ1) is 11.6. The molecule has 0 aromatic carbocycles. The van der Waals surface area contributed by atoms with E-state index in [0.717, 1.165) is 5.69 Å². The third kappa shape index (κ3) is 2.61. The molecule has 6 nitrogen and oxygen atoms in total. The fraction of sp³-hybridized carbons (Fsp3) is 0.100. The Morgan fingerprint density at radius 1 is 1.41 bits per heavy atom. The maximum atomic E-state index is 5.92. The Morgan fingerprint density at radius 2 is 2.24 bits per heavy atom. The summed E-state index contributed by atoms with van der Waals surface area (Å²) in [4.78, 5) is 11.9. The molecule has 0 radical (unpaired) electrons. The number of nitrogens with one attached hydrogen (secondary N) is 1. The van der Waals surface area contributed by atoms with Crippen molar-refractivity contribution in [1.29, 1.82) is 0 Å². The number of pyridine rings is 1. The molecule has 3 N–H and O–H groups in total. The van der Waals surface area contributed by atoms with Gasteiger partial charge in [0.1, 0.15) is 5.02 Å². The van der Waals surface area contributed by atoms with Crippen LogP contribution in [0.5, 0.6) is 11.6 Å². The molecular formula is C10H10ClN5O. The molecule has 2 rings (SSSR count). The molecule has 17 heavy (non-hydrogen) atoms. The van der Waals surface area contributed by atoms with Gasteiger partial charge >= 0.3 is 0 Å². The van der Waals surface area contributed by atoms with Crippen LogP contribution in [0.4, 0.5) is 5.95 Å². The Hall–Kier alpha value is -1.92. The van der Waals surface area contributed by atoms with Crippen molar-refractivity contribution in [3.8, 4) is 11.6 Å². The zero-order valence-electron chi connectivity index (χ0n) is 9.01. The third-order valence-corrected chi connectivity index (χ3v) is 2.27. The van der Waals surface area contributed by atoms with Crippen LogP contribution in [-0.4, -0.2) is 15.0 Å². The maximum absolute atomic E-state index is 5.92. The van der Waals surface area contributed by atoms with Gasteiger partial charge in [-0.15, -0.1) is 0 Å². The Balaban J connectivity index is 2.32. The average Bonchev–Trinajstić information content (AvgIpc) is 2.35. The number of nitrogen functional groups attached to an aromatic ring is 1. The van der Waals surface area contributed by atoms with Gasteiger partial charge in [0.2, 0.25) is 11.8 Å². The van der Waals surface area contributed by atoms with E-state index < -0.39 is 0 Å². The Bertz CT molecular complexity index is 534. The Kier molecular flexibility index (Phi) is 3.36. The molecule has 88 valence electrons. The largest absolute Gasteiger partial charge is 0.435 e. The van der Waals surface area contributed by atoms with E-state index in [9.17, 15) is 0 Å². The van der Waals surface area contributed by atoms with Gasteiger partial charge in [0.15, 0.2) is 5.75 Å². The number of hydrazine groups is 1. The number of aryl methyl sites for hydroxylation is 1. The van der Waals surface area contributed by atoms with E-state index in [1.807, 2.05) is 6.92 Å². The van der Waals surface area contributed by atoms with Crippen LogP contribution < -0.4 is 16.0 Å². The van der Waals surface area contributed by atoms with Crippen molar-refractivity contribution in [2.45, 2.75) is 6.92 Å². The van der Waals surface area contributed by atoms with Gasteiger partial charge in [-0.3, -0.25) is 10.4 Å². The monoisotopic (exact) mass is 251 g/mol. The fourth-order valence-electron chi connectivity index (χ4n) is 1.17. The van der Waals surface area contributed by atoms with Crippen molar-refractivity contribution < 1.29 is 4.74 Å². The zero-order valence-corrected chi connectivity index (χ0v) is 9.77. The molecule has 0 fully saturated rings. The summed E-state index contributed by atoms with van der Waals surface area (Å²) in [6, 6.07) is 3.54. The van der Waals surface area contributed by atoms with Gasteiger partial charge in [0.25, 0.3) is 0 Å². The number of nitrogens with two attached hydrogens (primary N) is 1. The highest BCUT2D eigenvalue weighted by Gasteiger charge is 2.09. The summed E-state index contributed by atoms with van der Waals surface area (Å²) in [5.41, 5.74) is 3.06. The van der Waals surface area contributed by atoms with E-state index in [0.29, 0.717) is 10.8 Å². The van der Waals surface area contributed by atoms with Crippen molar-refractivity contribution in [2.24, 2.45) is 5.84 Å². The van der Waals surface area contributed by atoms with Gasteiger partial charge in [-0.2, -0.15) is 4.98 Å². The number of halogens is 1. The molecule has 0 aliphatic heterocycles. The highest BCUT2D eigenvalue weighted by Crippen LogP contribution is 2.28. The van der Waals surface area contributed by atoms with Crippen LogP contribution in [0, 0.1) is 6.92 Å². The highest BCUT2D eigenvalue weighted by atomic mass is 35.5. The second-order valence-corrected chi connectivity index (χ2v) is 3.59. The smallest absolute Gasteiger partial charge is 0.243 e. The number of aromatic nitrogens is 3. The second-order valence-electron chi connectivity index (χ2n) is 3.18. The van der Waals surface area contributed by atoms with Crippen LogP contribution in [0.1, 0.15) is 5.69 Å². The molecule has 2 aromatic heterocycles. The predicted octanol–water partition coefficient (Wildman–Crippen LogP) is 1.91. The molecule has 7 heteroatoms. The fourth-order valence-corrected chi connectivity index (χ4v) is 1.30. The van der Waals surface area contributed by atoms with Gasteiger partial charge in [0, 0.05) is 6.20 Å². The molecule has 0 saturated heterocycles. The lowest BCUT2D eigenvalue weighted by molar-refractivity contribution is 0.456. The first-order chi connectivity index (χ1) is 8.20. The minimum atomic E-state index is 0.228. The number of ether oxygens (including phenoxy) is 1. The lowest BCUT2D eigenvalue weighted by Gasteiger charge is -2.08. The van der Waals surface area contributed by atoms with Gasteiger partial charge < -0.3 is 4.74 Å². The normalized spacial score (nSPS) is 10.1. The molecule has 0 amide bonds. The number of rotatable bonds is 3. The molecule has 2 heterocycles. The van der Waals surface area contributed by atoms with Crippen LogP contribution in [-0.2, 0) is 0 Å². The summed E-state index contributed by atoms with van der Waals surface area (Å²) < 4.78 is 5.54. The predicted molar refractivity (Wildman–Crippen MR) is 63.9 cm³/mol. The average molecular weight is 252 g/mol. The van der Waals surface area contributed by atoms with Crippen molar-refractivity contribution in [2.75, 3.05) is 5.43 Å². The van der Waals surface area contributed by atoms with Gasteiger partial charge in [-0.25, -0.2) is 10.8 Å². The minimum absolute atomic E-state index is 0.228. The second kappa shape index (κ2) is 4.94. The van der Waals surface area contributed by atoms with Gasteiger partial charge in [-0.05, 0) is 19.1 Å². The van der Waals surface area contributed by atoms with Gasteiger partial charge in [-0.1, -0.05) is 11.6 Å². The van der Waals surface area contributed by atoms with E-state index in [2.05, 4.69) is 20.4 Å². The van der Waals surface area contributed by atoms with Crippen molar-refractivity contribution >= 4 is 17.5 Å². The van der Waals surface area contributed by atoms with Crippen molar-refractivity contribution in [3.63, 3.8) is 0 Å². The number of anilines is 1. The SMILES string of the molecule is Cc1ncccc1Oc1nc(NN)ncc1Cl. The lowest BCUT2D eigenvalue weighted by Crippen LogP contribution is -2.10. The standard InChI is InChI=1S/C10H10ClN5O/c1-6-8(3-2-4-13-6)17-9-7(11)5-14-10(15-9)16-12/h2-5H,12H2,1H3,(H,14,15,16). The molecule has 0 saturated carbocycles. The van der Waals surface area contributed by atoms with Crippen LogP contribution >= 0.6 is 11.6 Å². The van der Waals surface area contributed by atoms with Crippen molar-refractivity contribution in [1.82, 2.24) is 15.0 Å². The molecular weight excluding hydrogens is 242 g/mol. The number of nitrogens with zero attached hydrogens (tertiary/aromatic N) is 3. The summed E-state index contributed by atoms with van der Waals surface area (Å²) >= 11 is 5.92. The summed E-state index contributed by atoms with van der Waals surface area (Å²) in [6.07, 6.45) is 3.08. The molecule has 0 aliphatic carbocycles. The third-order valence-electron chi connectivity index (χ3n) is 2.01. The van der Waals surface area contributed by atoms with Crippen LogP contribution in [0.15, 0.2) is 24.5 Å². The van der Waals surface area contributed by atoms with Crippen LogP contribution in [0.2, 0.25) is 5.02 Å². The Labute approximate surface area is 103 Å². The highest BCUT2D eigenvalue weighted by molar-refractivity contribution is 6.31. The van der Waals surface area contributed by atoms with E-state index >= 15 is 0 Å². The first-order valence-electron chi connectivity index (χ1n) is 4.79. The van der Waals surface area contributed by atoms with Crippen molar-refractivity contribution in [3.05, 3.63) is 35.2 Å². The van der Waals surface area contributed by atoms with Crippen LogP contribution in [0.3, 0.4) is 0 Å². The molecule has 2 aromatic rings. The number of hydrogen-bond donors (Lipinski definition) is 2. The summed E-state index contributed by atoms with van der Waals surface area (Å²) in [7, 11) is 0. The molecule has 0 aliphatic rings. The summed E-state index contributed by atoms with van der Waals surface area (Å²) in [5.74, 6) is 6.24. The minimum Gasteiger partial charge on any atom is -0.435 e. The van der Waals surface area contributed by atoms with E-state index in [-0.39, 0.29) is 11.8 Å². The maximum Gasteiger partial charge on any atom is 0.243 e. The summed E-state index contributed by atoms with van der Waals surface area (Å²) in [5, 5.41) is 0.298. The summed E-state index contributed by atoms with van der Waals surface area (Å²) in [6.45, 7) is 1.83. The van der Waals surface area contributed by atoms with Crippen LogP contribution in [0.25, 0.3) is 0 Å². The first-order valence-corrected chi connectivity index (χ1v) is 5.17. The zero-order chi connectivity index (χ0) is 12.3. The Morgan fingerprint density at radius 3 is 2.94 bits per heavy atom. The van der Waals surface area contributed by atoms with E-state index in [1.165, 1.54) is 6.20 Å². The lowest BCUT2D eigenvalue weighted by atomic mass is 10.3. The van der Waals surface area contributed by atoms with Gasteiger partial charge in [0.05, 0.1) is 11.9 Å². The molecule has 0 spiro atoms. The molecule has 0 bridgehead atoms. The van der Waals surface area contributed by atoms with E-state index in [4.69, 9.17) is 22.2 Å². The van der Waals surface area contributed by atoms with E-state index in [1.54, 1.807) is 18.3 Å². The topological polar surface area (TPSA) is 86.0 Å². The molecule has 0 atom stereocenters. The quantitative estimate of drug-likeness (QED) is 0.640.